The van der Waals surface area contributed by atoms with Gasteiger partial charge in [0.1, 0.15) is 5.60 Å². The number of amides is 5. The molecule has 2 heterocycles. The topological polar surface area (TPSA) is 188 Å². The van der Waals surface area contributed by atoms with Crippen molar-refractivity contribution in [1.82, 2.24) is 15.1 Å². The fourth-order valence-corrected chi connectivity index (χ4v) is 3.88. The molecule has 2 aliphatic rings. The van der Waals surface area contributed by atoms with Crippen LogP contribution in [-0.4, -0.2) is 79.0 Å². The number of alkyl carbamates (subject to hydrolysis) is 1. The van der Waals surface area contributed by atoms with E-state index < -0.39 is 71.8 Å². The van der Waals surface area contributed by atoms with Gasteiger partial charge in [-0.25, -0.2) is 19.4 Å². The van der Waals surface area contributed by atoms with Crippen molar-refractivity contribution in [2.75, 3.05) is 0 Å². The van der Waals surface area contributed by atoms with Crippen LogP contribution in [0.3, 0.4) is 0 Å². The molecule has 0 aliphatic carbocycles. The predicted molar refractivity (Wildman–Crippen MR) is 107 cm³/mol. The van der Waals surface area contributed by atoms with Crippen LogP contribution in [0.1, 0.15) is 65.7 Å². The Balaban J connectivity index is 2.55. The molecule has 0 spiro atoms. The zero-order valence-corrected chi connectivity index (χ0v) is 18.6. The first-order valence-electron chi connectivity index (χ1n) is 10.4. The number of hydrogen-bond donors (Lipinski definition) is 3. The van der Waals surface area contributed by atoms with E-state index in [4.69, 9.17) is 9.84 Å². The number of carbonyl (C=O) groups is 7. The van der Waals surface area contributed by atoms with Crippen molar-refractivity contribution in [3.05, 3.63) is 0 Å². The van der Waals surface area contributed by atoms with Gasteiger partial charge in [0.2, 0.25) is 29.3 Å². The van der Waals surface area contributed by atoms with Crippen LogP contribution in [0, 0.1) is 0 Å². The van der Waals surface area contributed by atoms with Gasteiger partial charge in [0.05, 0.1) is 0 Å². The molecule has 13 nitrogen and oxygen atoms in total. The van der Waals surface area contributed by atoms with E-state index in [2.05, 4.69) is 5.32 Å². The molecule has 2 rings (SSSR count). The Morgan fingerprint density at radius 1 is 0.909 bits per heavy atom. The maximum atomic E-state index is 12.6. The molecule has 0 bridgehead atoms. The summed E-state index contributed by atoms with van der Waals surface area (Å²) in [6, 6.07) is -1.28. The Bertz CT molecular complexity index is 823. The van der Waals surface area contributed by atoms with E-state index in [9.17, 15) is 38.7 Å². The molecule has 0 aromatic carbocycles. The Kier molecular flexibility index (Phi) is 7.45. The third-order valence-corrected chi connectivity index (χ3v) is 5.14. The van der Waals surface area contributed by atoms with Crippen molar-refractivity contribution >= 4 is 41.7 Å². The van der Waals surface area contributed by atoms with E-state index in [1.54, 1.807) is 20.8 Å². The van der Waals surface area contributed by atoms with Crippen molar-refractivity contribution in [1.29, 1.82) is 0 Å². The standard InChI is InChI=1S/C20H27N3O10/c1-19(2,3)33-18(32)21-11(4-9-16(28)29)10-20(17(30)31,22-12(24)5-6-13(22)25)23-14(26)7-8-15(23)27/h11H,4-10H2,1-3H3,(H,21,32)(H,28,29)(H,30,31). The zero-order valence-electron chi connectivity index (χ0n) is 18.6. The number of nitrogens with zero attached hydrogens (tertiary/aromatic N) is 2. The maximum Gasteiger partial charge on any atom is 0.407 e. The number of imide groups is 2. The lowest BCUT2D eigenvalue weighted by Gasteiger charge is -2.43. The summed E-state index contributed by atoms with van der Waals surface area (Å²) in [5, 5.41) is 21.7. The van der Waals surface area contributed by atoms with Gasteiger partial charge in [-0.05, 0) is 27.2 Å². The summed E-state index contributed by atoms with van der Waals surface area (Å²) in [4.78, 5) is 87.1. The van der Waals surface area contributed by atoms with Crippen LogP contribution in [0.15, 0.2) is 0 Å². The summed E-state index contributed by atoms with van der Waals surface area (Å²) in [5.41, 5.74) is -3.69. The van der Waals surface area contributed by atoms with E-state index in [1.807, 2.05) is 0 Å². The number of ether oxygens (including phenoxy) is 1. The van der Waals surface area contributed by atoms with Crippen molar-refractivity contribution in [2.45, 2.75) is 83.0 Å². The molecular weight excluding hydrogens is 442 g/mol. The second-order valence-electron chi connectivity index (χ2n) is 8.85. The molecular formula is C20H27N3O10. The van der Waals surface area contributed by atoms with Crippen LogP contribution in [0.2, 0.25) is 0 Å². The molecule has 0 saturated carbocycles. The van der Waals surface area contributed by atoms with Crippen molar-refractivity contribution in [2.24, 2.45) is 0 Å². The molecule has 33 heavy (non-hydrogen) atoms. The van der Waals surface area contributed by atoms with Crippen LogP contribution >= 0.6 is 0 Å². The first kappa shape index (κ1) is 25.7. The number of carboxylic acid groups (broad SMARTS) is 2. The van der Waals surface area contributed by atoms with Crippen molar-refractivity contribution < 1.29 is 48.5 Å². The highest BCUT2D eigenvalue weighted by Gasteiger charge is 2.61. The highest BCUT2D eigenvalue weighted by molar-refractivity contribution is 6.11. The first-order valence-corrected chi connectivity index (χ1v) is 10.4. The van der Waals surface area contributed by atoms with Crippen molar-refractivity contribution in [3.63, 3.8) is 0 Å². The van der Waals surface area contributed by atoms with Gasteiger partial charge < -0.3 is 20.3 Å². The Morgan fingerprint density at radius 2 is 1.33 bits per heavy atom. The van der Waals surface area contributed by atoms with Gasteiger partial charge in [0.25, 0.3) is 0 Å². The molecule has 182 valence electrons. The molecule has 13 heteroatoms. The molecule has 2 saturated heterocycles. The fraction of sp³-hybridized carbons (Fsp3) is 0.650. The lowest BCUT2D eigenvalue weighted by molar-refractivity contribution is -0.184. The minimum absolute atomic E-state index is 0.316. The second kappa shape index (κ2) is 9.55. The highest BCUT2D eigenvalue weighted by atomic mass is 16.6. The summed E-state index contributed by atoms with van der Waals surface area (Å²) in [6.07, 6.45) is -3.91. The van der Waals surface area contributed by atoms with Gasteiger partial charge >= 0.3 is 18.0 Å². The molecule has 2 aliphatic heterocycles. The number of carboxylic acids is 2. The van der Waals surface area contributed by atoms with Crippen LogP contribution in [0.5, 0.6) is 0 Å². The van der Waals surface area contributed by atoms with Gasteiger partial charge in [-0.2, -0.15) is 0 Å². The molecule has 1 unspecified atom stereocenters. The molecule has 5 amide bonds. The van der Waals surface area contributed by atoms with E-state index in [0.717, 1.165) is 0 Å². The third kappa shape index (κ3) is 5.65. The monoisotopic (exact) mass is 469 g/mol. The Hall–Kier alpha value is -3.51. The first-order chi connectivity index (χ1) is 15.2. The molecule has 0 radical (unpaired) electrons. The van der Waals surface area contributed by atoms with E-state index in [0.29, 0.717) is 9.80 Å². The number of rotatable bonds is 9. The molecule has 0 aromatic heterocycles. The molecule has 1 atom stereocenters. The second-order valence-corrected chi connectivity index (χ2v) is 8.85. The maximum absolute atomic E-state index is 12.6. The minimum atomic E-state index is -2.76. The SMILES string of the molecule is CC(C)(C)OC(=O)NC(CCC(=O)O)CC(C(=O)O)(N1C(=O)CCC1=O)N1C(=O)CCC1=O. The van der Waals surface area contributed by atoms with Gasteiger partial charge in [-0.3, -0.25) is 24.0 Å². The Labute approximate surface area is 189 Å². The fourth-order valence-electron chi connectivity index (χ4n) is 3.88. The predicted octanol–water partition coefficient (Wildman–Crippen LogP) is 0.214. The third-order valence-electron chi connectivity index (χ3n) is 5.14. The van der Waals surface area contributed by atoms with Crippen molar-refractivity contribution in [3.8, 4) is 0 Å². The lowest BCUT2D eigenvalue weighted by Crippen LogP contribution is -2.70. The van der Waals surface area contributed by atoms with Gasteiger partial charge in [0.15, 0.2) is 0 Å². The lowest BCUT2D eigenvalue weighted by atomic mass is 9.93. The van der Waals surface area contributed by atoms with Crippen LogP contribution in [0.25, 0.3) is 0 Å². The Morgan fingerprint density at radius 3 is 1.67 bits per heavy atom. The molecule has 2 fully saturated rings. The van der Waals surface area contributed by atoms with Crippen LogP contribution in [-0.2, 0) is 33.5 Å². The number of nitrogens with one attached hydrogen (secondary N) is 1. The van der Waals surface area contributed by atoms with E-state index >= 15 is 0 Å². The molecule has 3 N–H and O–H groups in total. The molecule has 0 aromatic rings. The summed E-state index contributed by atoms with van der Waals surface area (Å²) in [7, 11) is 0. The zero-order chi connectivity index (χ0) is 25.1. The summed E-state index contributed by atoms with van der Waals surface area (Å²) in [6.45, 7) is 4.72. The number of carbonyl (C=O) groups excluding carboxylic acids is 5. The van der Waals surface area contributed by atoms with Crippen LogP contribution in [0.4, 0.5) is 4.79 Å². The minimum Gasteiger partial charge on any atom is -0.481 e. The highest BCUT2D eigenvalue weighted by Crippen LogP contribution is 2.36. The van der Waals surface area contributed by atoms with E-state index in [-0.39, 0.29) is 32.1 Å². The van der Waals surface area contributed by atoms with Gasteiger partial charge in [0, 0.05) is 44.6 Å². The smallest absolute Gasteiger partial charge is 0.407 e. The summed E-state index contributed by atoms with van der Waals surface area (Å²) < 4.78 is 5.15. The normalized spacial score (nSPS) is 18.0. The largest absolute Gasteiger partial charge is 0.481 e. The van der Waals surface area contributed by atoms with Gasteiger partial charge in [-0.1, -0.05) is 0 Å². The summed E-state index contributed by atoms with van der Waals surface area (Å²) in [5.74, 6) is -6.68. The van der Waals surface area contributed by atoms with E-state index in [1.165, 1.54) is 0 Å². The quantitative estimate of drug-likeness (QED) is 0.394. The number of aliphatic carboxylic acids is 2. The number of likely N-dealkylation sites (tertiary alicyclic amines) is 2. The summed E-state index contributed by atoms with van der Waals surface area (Å²) >= 11 is 0. The van der Waals surface area contributed by atoms with Gasteiger partial charge in [-0.15, -0.1) is 0 Å². The average molecular weight is 469 g/mol. The average Bonchev–Trinajstić information content (AvgIpc) is 3.17. The number of hydrogen-bond acceptors (Lipinski definition) is 8. The van der Waals surface area contributed by atoms with Crippen LogP contribution < -0.4 is 5.32 Å².